The summed E-state index contributed by atoms with van der Waals surface area (Å²) in [5, 5.41) is 41.1. The van der Waals surface area contributed by atoms with Crippen LogP contribution in [0.1, 0.15) is 53.6 Å². The number of aryl methyl sites for hydroxylation is 1. The smallest absolute Gasteiger partial charge is 0.326 e. The zero-order chi connectivity index (χ0) is 39.8. The average Bonchev–Trinajstić information content (AvgIpc) is 3.15. The highest BCUT2D eigenvalue weighted by Crippen LogP contribution is 2.36. The van der Waals surface area contributed by atoms with Crippen LogP contribution < -0.4 is 24.3 Å². The van der Waals surface area contributed by atoms with Crippen LogP contribution in [0, 0.1) is 19.3 Å². The van der Waals surface area contributed by atoms with Gasteiger partial charge in [0.1, 0.15) is 18.8 Å². The monoisotopic (exact) mass is 873 g/mol. The van der Waals surface area contributed by atoms with E-state index in [-0.39, 0.29) is 32.1 Å². The van der Waals surface area contributed by atoms with Crippen molar-refractivity contribution in [1.82, 2.24) is 15.3 Å². The van der Waals surface area contributed by atoms with Crippen molar-refractivity contribution in [2.45, 2.75) is 65.8 Å². The molecule has 54 heavy (non-hydrogen) atoms. The Hall–Kier alpha value is -4.28. The molecule has 15 heteroatoms. The van der Waals surface area contributed by atoms with Gasteiger partial charge in [-0.3, -0.25) is 14.9 Å². The fourth-order valence-electron chi connectivity index (χ4n) is 5.56. The van der Waals surface area contributed by atoms with Gasteiger partial charge < -0.3 is 39.4 Å². The van der Waals surface area contributed by atoms with Crippen LogP contribution in [0.5, 0.6) is 23.5 Å². The number of methoxy groups -OCH3 is 2. The van der Waals surface area contributed by atoms with Gasteiger partial charge in [-0.05, 0) is 118 Å². The van der Waals surface area contributed by atoms with Crippen LogP contribution in [0.15, 0.2) is 57.5 Å². The zero-order valence-electron chi connectivity index (χ0n) is 31.0. The summed E-state index contributed by atoms with van der Waals surface area (Å²) in [5.74, 6) is -1.07. The van der Waals surface area contributed by atoms with Crippen molar-refractivity contribution >= 4 is 43.8 Å². The van der Waals surface area contributed by atoms with Crippen molar-refractivity contribution in [2.75, 3.05) is 27.4 Å². The molecular weight excluding hydrogens is 830 g/mol. The van der Waals surface area contributed by atoms with Crippen LogP contribution >= 0.6 is 31.9 Å². The third kappa shape index (κ3) is 9.68. The normalized spacial score (nSPS) is 13.4. The number of hydrogen-bond acceptors (Lipinski definition) is 11. The molecule has 0 spiro atoms. The maximum atomic E-state index is 11.7. The lowest BCUT2D eigenvalue weighted by molar-refractivity contribution is -0.150. The molecule has 0 aliphatic carbocycles. The first kappa shape index (κ1) is 42.5. The molecule has 13 nitrogen and oxygen atoms in total. The number of hydrogen-bond donors (Lipinski definition) is 5. The third-order valence-electron chi connectivity index (χ3n) is 9.53. The first-order chi connectivity index (χ1) is 25.6. The van der Waals surface area contributed by atoms with Crippen molar-refractivity contribution < 1.29 is 49.0 Å². The topological polar surface area (TPSA) is 190 Å². The van der Waals surface area contributed by atoms with Crippen LogP contribution in [0.4, 0.5) is 0 Å². The van der Waals surface area contributed by atoms with Crippen molar-refractivity contribution in [3.8, 4) is 34.6 Å². The van der Waals surface area contributed by atoms with E-state index in [2.05, 4.69) is 59.3 Å². The predicted octanol–water partition coefficient (Wildman–Crippen LogP) is 6.40. The van der Waals surface area contributed by atoms with E-state index in [4.69, 9.17) is 18.9 Å². The molecule has 2 aromatic heterocycles. The molecule has 4 aromatic rings. The Morgan fingerprint density at radius 2 is 1.20 bits per heavy atom. The highest BCUT2D eigenvalue weighted by Gasteiger charge is 2.33. The Balaban J connectivity index is 1.50. The lowest BCUT2D eigenvalue weighted by Gasteiger charge is -2.24. The Morgan fingerprint density at radius 3 is 1.63 bits per heavy atom. The van der Waals surface area contributed by atoms with E-state index in [9.17, 15) is 30.0 Å². The number of carboxylic acid groups (broad SMARTS) is 2. The van der Waals surface area contributed by atoms with Crippen molar-refractivity contribution in [1.29, 1.82) is 0 Å². The number of pyridine rings is 2. The zero-order valence-corrected chi connectivity index (χ0v) is 34.1. The second-order valence-corrected chi connectivity index (χ2v) is 15.0. The summed E-state index contributed by atoms with van der Waals surface area (Å²) in [7, 11) is 2.95. The fraction of sp³-hybridized carbons (Fsp3) is 0.385. The number of carboxylic acids is 2. The van der Waals surface area contributed by atoms with Gasteiger partial charge in [-0.1, -0.05) is 36.4 Å². The average molecular weight is 876 g/mol. The highest BCUT2D eigenvalue weighted by molar-refractivity contribution is 9.10. The largest absolute Gasteiger partial charge is 0.481 e. The molecule has 5 N–H and O–H groups in total. The highest BCUT2D eigenvalue weighted by atomic mass is 79.9. The van der Waals surface area contributed by atoms with Crippen molar-refractivity contribution in [3.63, 3.8) is 0 Å². The van der Waals surface area contributed by atoms with E-state index >= 15 is 0 Å². The van der Waals surface area contributed by atoms with E-state index < -0.39 is 36.1 Å². The van der Waals surface area contributed by atoms with Gasteiger partial charge in [0, 0.05) is 17.7 Å². The molecule has 2 heterocycles. The number of aromatic nitrogens is 2. The summed E-state index contributed by atoms with van der Waals surface area (Å²) in [6, 6.07) is 15.6. The molecule has 2 aromatic carbocycles. The van der Waals surface area contributed by atoms with Gasteiger partial charge >= 0.3 is 11.9 Å². The molecule has 0 amide bonds. The molecular formula is C39H45Br2N3O10. The number of ether oxygens (including phenoxy) is 4. The van der Waals surface area contributed by atoms with Crippen molar-refractivity contribution in [2.24, 2.45) is 5.41 Å². The minimum absolute atomic E-state index is 0.0825. The number of nitrogens with zero attached hydrogens (tertiary/aromatic N) is 2. The van der Waals surface area contributed by atoms with Crippen LogP contribution in [0.3, 0.4) is 0 Å². The Kier molecular flexibility index (Phi) is 14.4. The summed E-state index contributed by atoms with van der Waals surface area (Å²) in [6.07, 6.45) is 0.525. The number of carbonyl (C=O) groups is 2. The van der Waals surface area contributed by atoms with Gasteiger partial charge in [0.2, 0.25) is 23.5 Å². The van der Waals surface area contributed by atoms with Crippen molar-refractivity contribution in [3.05, 3.63) is 90.9 Å². The molecule has 0 aliphatic heterocycles. The summed E-state index contributed by atoms with van der Waals surface area (Å²) >= 11 is 7.06. The van der Waals surface area contributed by atoms with E-state index in [1.54, 1.807) is 12.1 Å². The third-order valence-corrected chi connectivity index (χ3v) is 10.7. The van der Waals surface area contributed by atoms with E-state index in [0.717, 1.165) is 33.4 Å². The lowest BCUT2D eigenvalue weighted by Crippen LogP contribution is -2.52. The number of rotatable bonds is 19. The van der Waals surface area contributed by atoms with E-state index in [1.165, 1.54) is 28.1 Å². The minimum atomic E-state index is -1.53. The molecule has 0 aliphatic rings. The van der Waals surface area contributed by atoms with Gasteiger partial charge in [-0.15, -0.1) is 0 Å². The van der Waals surface area contributed by atoms with E-state index in [0.29, 0.717) is 44.1 Å². The Bertz CT molecular complexity index is 1850. The Labute approximate surface area is 330 Å². The van der Waals surface area contributed by atoms with E-state index in [1.807, 2.05) is 38.1 Å². The molecule has 0 radical (unpaired) electrons. The summed E-state index contributed by atoms with van der Waals surface area (Å²) in [6.45, 7) is 6.40. The SMILES string of the molecule is COc1nc(OCc2cccc(-c3cccc(COc4nc(OC)c(CNC(C)(CO)C(=O)O)cc4Br)c3C)c2C)c(Br)cc1CCC(C)(CO)C(=O)O. The maximum absolute atomic E-state index is 11.7. The second-order valence-electron chi connectivity index (χ2n) is 13.3. The Morgan fingerprint density at radius 1 is 0.722 bits per heavy atom. The predicted molar refractivity (Wildman–Crippen MR) is 208 cm³/mol. The molecule has 4 rings (SSSR count). The molecule has 0 saturated carbocycles. The first-order valence-electron chi connectivity index (χ1n) is 16.9. The summed E-state index contributed by atoms with van der Waals surface area (Å²) in [5.41, 5.74) is 4.41. The maximum Gasteiger partial charge on any atom is 0.326 e. The first-order valence-corrected chi connectivity index (χ1v) is 18.5. The second kappa shape index (κ2) is 18.4. The quantitative estimate of drug-likeness (QED) is 0.0697. The molecule has 290 valence electrons. The van der Waals surface area contributed by atoms with Gasteiger partial charge in [-0.2, -0.15) is 9.97 Å². The standard InChI is InChI=1S/C39H45Br2N3O10/c1-22-25(18-53-34-30(40)15-24(32(43-34)51-5)13-14-38(3,20-45)36(47)48)9-7-11-28(22)29-12-8-10-26(23(29)2)19-54-35-31(41)16-27(33(44-35)52-6)17-42-39(4,21-46)37(49)50/h7-12,15-16,42,45-46H,13-14,17-21H2,1-6H3,(H,47,48)(H,49,50). The van der Waals surface area contributed by atoms with Crippen LogP contribution in [0.25, 0.3) is 11.1 Å². The molecule has 2 atom stereocenters. The number of nitrogens with one attached hydrogen (secondary N) is 1. The van der Waals surface area contributed by atoms with Gasteiger partial charge in [0.15, 0.2) is 0 Å². The minimum Gasteiger partial charge on any atom is -0.481 e. The number of benzene rings is 2. The van der Waals surface area contributed by atoms with Gasteiger partial charge in [0.05, 0.1) is 41.8 Å². The van der Waals surface area contributed by atoms with Gasteiger partial charge in [0.25, 0.3) is 0 Å². The molecule has 2 unspecified atom stereocenters. The van der Waals surface area contributed by atoms with Crippen LogP contribution in [-0.2, 0) is 35.8 Å². The molecule has 0 fully saturated rings. The molecule has 0 saturated heterocycles. The number of aliphatic carboxylic acids is 2. The lowest BCUT2D eigenvalue weighted by atomic mass is 9.85. The van der Waals surface area contributed by atoms with Crippen LogP contribution in [-0.4, -0.2) is 75.3 Å². The van der Waals surface area contributed by atoms with Gasteiger partial charge in [-0.25, -0.2) is 0 Å². The number of aliphatic hydroxyl groups is 2. The number of aliphatic hydroxyl groups excluding tert-OH is 2. The fourth-order valence-corrected chi connectivity index (χ4v) is 6.52. The summed E-state index contributed by atoms with van der Waals surface area (Å²) in [4.78, 5) is 32.3. The molecule has 0 bridgehead atoms. The summed E-state index contributed by atoms with van der Waals surface area (Å²) < 4.78 is 24.4. The number of halogens is 2. The van der Waals surface area contributed by atoms with Crippen LogP contribution in [0.2, 0.25) is 0 Å².